The van der Waals surface area contributed by atoms with Crippen molar-refractivity contribution >= 4 is 33.6 Å². The van der Waals surface area contributed by atoms with Crippen molar-refractivity contribution in [3.05, 3.63) is 101 Å². The van der Waals surface area contributed by atoms with Crippen LogP contribution in [0, 0.1) is 0 Å². The van der Waals surface area contributed by atoms with E-state index in [4.69, 9.17) is 4.74 Å². The maximum atomic E-state index is 12.2. The Morgan fingerprint density at radius 2 is 1.67 bits per heavy atom. The van der Waals surface area contributed by atoms with Gasteiger partial charge in [-0.3, -0.25) is 0 Å². The first-order valence-electron chi connectivity index (χ1n) is 10.0. The molecule has 1 amide bonds. The summed E-state index contributed by atoms with van der Waals surface area (Å²) >= 11 is 1.73. The number of benzene rings is 3. The molecule has 1 N–H and O–H groups in total. The molecule has 0 fully saturated rings. The number of alkyl carbamates (subject to hydrolysis) is 1. The standard InChI is InChI=1S/C26H21NO2S/c28-26(27-15-6-8-18-7-5-13-25-19(18)14-16-30-25)29-17-24-22-11-3-1-9-20(22)21-10-2-4-12-23(21)24/h1-14,16,24H,15,17H2,(H,27,28). The quantitative estimate of drug-likeness (QED) is 0.410. The minimum Gasteiger partial charge on any atom is -0.449 e. The number of rotatable bonds is 5. The Hall–Kier alpha value is -3.37. The van der Waals surface area contributed by atoms with Crippen LogP contribution in [0.15, 0.2) is 84.3 Å². The smallest absolute Gasteiger partial charge is 0.407 e. The molecule has 5 rings (SSSR count). The van der Waals surface area contributed by atoms with Gasteiger partial charge in [0.15, 0.2) is 0 Å². The van der Waals surface area contributed by atoms with Gasteiger partial charge in [-0.2, -0.15) is 0 Å². The average molecular weight is 412 g/mol. The van der Waals surface area contributed by atoms with E-state index in [1.165, 1.54) is 32.3 Å². The molecule has 0 atom stereocenters. The first-order chi connectivity index (χ1) is 14.8. The van der Waals surface area contributed by atoms with Crippen LogP contribution in [0.2, 0.25) is 0 Å². The minimum atomic E-state index is -0.393. The number of hydrogen-bond donors (Lipinski definition) is 1. The Morgan fingerprint density at radius 3 is 2.43 bits per heavy atom. The van der Waals surface area contributed by atoms with Crippen LogP contribution in [0.5, 0.6) is 0 Å². The van der Waals surface area contributed by atoms with Gasteiger partial charge >= 0.3 is 6.09 Å². The van der Waals surface area contributed by atoms with Gasteiger partial charge in [0.05, 0.1) is 0 Å². The molecule has 0 aliphatic heterocycles. The molecule has 0 saturated carbocycles. The van der Waals surface area contributed by atoms with Crippen molar-refractivity contribution in [1.82, 2.24) is 5.32 Å². The second kappa shape index (κ2) is 8.17. The third kappa shape index (κ3) is 3.51. The number of hydrogen-bond acceptors (Lipinski definition) is 3. The Bertz CT molecular complexity index is 1200. The molecule has 1 aromatic heterocycles. The lowest BCUT2D eigenvalue weighted by Crippen LogP contribution is -2.26. The molecule has 148 valence electrons. The molecular weight excluding hydrogens is 390 g/mol. The Labute approximate surface area is 179 Å². The minimum absolute atomic E-state index is 0.0786. The summed E-state index contributed by atoms with van der Waals surface area (Å²) in [5.41, 5.74) is 6.05. The van der Waals surface area contributed by atoms with Crippen molar-refractivity contribution < 1.29 is 9.53 Å². The fraction of sp³-hybridized carbons (Fsp3) is 0.115. The van der Waals surface area contributed by atoms with Crippen LogP contribution in [0.1, 0.15) is 22.6 Å². The summed E-state index contributed by atoms with van der Waals surface area (Å²) in [6.07, 6.45) is 3.60. The largest absolute Gasteiger partial charge is 0.449 e. The topological polar surface area (TPSA) is 38.3 Å². The zero-order chi connectivity index (χ0) is 20.3. The van der Waals surface area contributed by atoms with E-state index in [0.717, 1.165) is 5.56 Å². The van der Waals surface area contributed by atoms with Gasteiger partial charge in [-0.05, 0) is 50.7 Å². The Morgan fingerprint density at radius 1 is 0.933 bits per heavy atom. The second-order valence-corrected chi connectivity index (χ2v) is 8.24. The molecule has 0 unspecified atom stereocenters. The monoisotopic (exact) mass is 411 g/mol. The first kappa shape index (κ1) is 18.6. The van der Waals surface area contributed by atoms with Crippen LogP contribution in [0.25, 0.3) is 27.3 Å². The van der Waals surface area contributed by atoms with Gasteiger partial charge < -0.3 is 10.1 Å². The molecule has 1 heterocycles. The summed E-state index contributed by atoms with van der Waals surface area (Å²) in [5.74, 6) is 0.0786. The lowest BCUT2D eigenvalue weighted by atomic mass is 9.98. The third-order valence-electron chi connectivity index (χ3n) is 5.53. The molecule has 0 spiro atoms. The van der Waals surface area contributed by atoms with Crippen molar-refractivity contribution in [3.63, 3.8) is 0 Å². The highest BCUT2D eigenvalue weighted by atomic mass is 32.1. The van der Waals surface area contributed by atoms with Gasteiger partial charge in [-0.15, -0.1) is 11.3 Å². The highest BCUT2D eigenvalue weighted by Gasteiger charge is 2.28. The summed E-state index contributed by atoms with van der Waals surface area (Å²) in [6, 6.07) is 25.1. The number of carbonyl (C=O) groups excluding carboxylic acids is 1. The van der Waals surface area contributed by atoms with E-state index in [-0.39, 0.29) is 5.92 Å². The van der Waals surface area contributed by atoms with Crippen molar-refractivity contribution in [2.45, 2.75) is 5.92 Å². The van der Waals surface area contributed by atoms with Crippen LogP contribution in [-0.4, -0.2) is 19.2 Å². The molecule has 0 saturated heterocycles. The maximum absolute atomic E-state index is 12.2. The summed E-state index contributed by atoms with van der Waals surface area (Å²) in [7, 11) is 0. The molecule has 0 radical (unpaired) electrons. The summed E-state index contributed by atoms with van der Waals surface area (Å²) in [6.45, 7) is 0.759. The van der Waals surface area contributed by atoms with Crippen LogP contribution in [-0.2, 0) is 4.74 Å². The van der Waals surface area contributed by atoms with E-state index >= 15 is 0 Å². The maximum Gasteiger partial charge on any atom is 0.407 e. The highest BCUT2D eigenvalue weighted by Crippen LogP contribution is 2.44. The van der Waals surface area contributed by atoms with Gasteiger partial charge in [0.25, 0.3) is 0 Å². The Kier molecular flexibility index (Phi) is 5.08. The lowest BCUT2D eigenvalue weighted by molar-refractivity contribution is 0.144. The van der Waals surface area contributed by atoms with Gasteiger partial charge in [0, 0.05) is 17.2 Å². The van der Waals surface area contributed by atoms with Crippen LogP contribution in [0.3, 0.4) is 0 Å². The van der Waals surface area contributed by atoms with Crippen molar-refractivity contribution in [1.29, 1.82) is 0 Å². The average Bonchev–Trinajstić information content (AvgIpc) is 3.39. The summed E-state index contributed by atoms with van der Waals surface area (Å²) in [4.78, 5) is 12.2. The predicted octanol–water partition coefficient (Wildman–Crippen LogP) is 6.45. The summed E-state index contributed by atoms with van der Waals surface area (Å²) < 4.78 is 6.83. The van der Waals surface area contributed by atoms with Crippen LogP contribution < -0.4 is 5.32 Å². The van der Waals surface area contributed by atoms with Gasteiger partial charge in [0.1, 0.15) is 6.61 Å². The molecule has 30 heavy (non-hydrogen) atoms. The van der Waals surface area contributed by atoms with Crippen molar-refractivity contribution in [3.8, 4) is 11.1 Å². The van der Waals surface area contributed by atoms with Gasteiger partial charge in [-0.1, -0.05) is 72.8 Å². The van der Waals surface area contributed by atoms with Gasteiger partial charge in [0.2, 0.25) is 0 Å². The molecule has 1 aliphatic rings. The van der Waals surface area contributed by atoms with E-state index in [9.17, 15) is 4.79 Å². The third-order valence-corrected chi connectivity index (χ3v) is 6.42. The molecule has 3 nitrogen and oxygen atoms in total. The molecule has 3 aromatic carbocycles. The number of nitrogens with one attached hydrogen (secondary N) is 1. The van der Waals surface area contributed by atoms with E-state index in [0.29, 0.717) is 13.2 Å². The predicted molar refractivity (Wildman–Crippen MR) is 124 cm³/mol. The number of carbonyl (C=O) groups is 1. The van der Waals surface area contributed by atoms with Crippen molar-refractivity contribution in [2.75, 3.05) is 13.2 Å². The number of thiophene rings is 1. The zero-order valence-electron chi connectivity index (χ0n) is 16.4. The number of fused-ring (bicyclic) bond motifs is 4. The highest BCUT2D eigenvalue weighted by molar-refractivity contribution is 7.17. The molecule has 0 bridgehead atoms. The fourth-order valence-corrected chi connectivity index (χ4v) is 4.96. The van der Waals surface area contributed by atoms with Crippen LogP contribution in [0.4, 0.5) is 4.79 Å². The van der Waals surface area contributed by atoms with Crippen molar-refractivity contribution in [2.24, 2.45) is 0 Å². The second-order valence-electron chi connectivity index (χ2n) is 7.29. The van der Waals surface area contributed by atoms with Crippen LogP contribution >= 0.6 is 11.3 Å². The van der Waals surface area contributed by atoms with E-state index < -0.39 is 6.09 Å². The normalized spacial score (nSPS) is 12.8. The molecule has 4 aromatic rings. The van der Waals surface area contributed by atoms with E-state index in [2.05, 4.69) is 71.4 Å². The van der Waals surface area contributed by atoms with Gasteiger partial charge in [-0.25, -0.2) is 4.79 Å². The lowest BCUT2D eigenvalue weighted by Gasteiger charge is -2.14. The molecule has 1 aliphatic carbocycles. The zero-order valence-corrected chi connectivity index (χ0v) is 17.2. The first-order valence-corrected chi connectivity index (χ1v) is 10.9. The van der Waals surface area contributed by atoms with E-state index in [1.807, 2.05) is 24.3 Å². The molecule has 4 heteroatoms. The molecular formula is C26H21NO2S. The fourth-order valence-electron chi connectivity index (χ4n) is 4.14. The Balaban J connectivity index is 1.20. The number of ether oxygens (including phenoxy) is 1. The number of amides is 1. The van der Waals surface area contributed by atoms with E-state index in [1.54, 1.807) is 11.3 Å². The summed E-state index contributed by atoms with van der Waals surface area (Å²) in [5, 5.41) is 6.15. The SMILES string of the molecule is O=C(NCC=Cc1cccc2sccc12)OCC1c2ccccc2-c2ccccc21.